The van der Waals surface area contributed by atoms with Crippen molar-refractivity contribution < 1.29 is 4.84 Å². The molecule has 1 aromatic rings. The molecule has 106 valence electrons. The van der Waals surface area contributed by atoms with Crippen LogP contribution in [0.1, 0.15) is 52.0 Å². The van der Waals surface area contributed by atoms with Crippen LogP contribution in [-0.2, 0) is 11.4 Å². The second-order valence-corrected chi connectivity index (χ2v) is 6.81. The van der Waals surface area contributed by atoms with Gasteiger partial charge in [-0.1, -0.05) is 51.1 Å². The van der Waals surface area contributed by atoms with Crippen molar-refractivity contribution in [2.24, 2.45) is 11.3 Å². The second-order valence-electron chi connectivity index (χ2n) is 6.81. The topological polar surface area (TPSA) is 21.3 Å². The normalized spacial score (nSPS) is 24.4. The molecule has 1 aliphatic rings. The van der Waals surface area contributed by atoms with Gasteiger partial charge in [0.15, 0.2) is 0 Å². The van der Waals surface area contributed by atoms with Gasteiger partial charge < -0.3 is 0 Å². The molecular formula is C17H27NO. The van der Waals surface area contributed by atoms with Gasteiger partial charge in [0.2, 0.25) is 0 Å². The standard InChI is InChI=1S/C17H27NO/c1-17(2,3)15-9-11-16(12-10-15)18-19-13-14-7-5-4-6-8-14/h4-8,15-16,18H,9-13H2,1-3H3. The van der Waals surface area contributed by atoms with Crippen LogP contribution >= 0.6 is 0 Å². The number of hydroxylamine groups is 1. The lowest BCUT2D eigenvalue weighted by molar-refractivity contribution is -0.0130. The SMILES string of the molecule is CC(C)(C)C1CCC(NOCc2ccccc2)CC1. The summed E-state index contributed by atoms with van der Waals surface area (Å²) in [5.41, 5.74) is 4.92. The molecule has 0 heterocycles. The van der Waals surface area contributed by atoms with Gasteiger partial charge in [-0.15, -0.1) is 0 Å². The molecule has 2 rings (SSSR count). The van der Waals surface area contributed by atoms with E-state index in [1.165, 1.54) is 31.2 Å². The van der Waals surface area contributed by atoms with E-state index in [1.54, 1.807) is 0 Å². The van der Waals surface area contributed by atoms with E-state index in [0.29, 0.717) is 18.1 Å². The van der Waals surface area contributed by atoms with Crippen LogP contribution in [0.4, 0.5) is 0 Å². The quantitative estimate of drug-likeness (QED) is 0.815. The summed E-state index contributed by atoms with van der Waals surface area (Å²) in [6, 6.07) is 10.9. The molecule has 0 aromatic heterocycles. The molecule has 0 amide bonds. The van der Waals surface area contributed by atoms with Crippen LogP contribution < -0.4 is 5.48 Å². The highest BCUT2D eigenvalue weighted by molar-refractivity contribution is 5.13. The molecule has 0 saturated heterocycles. The van der Waals surface area contributed by atoms with Crippen LogP contribution in [0.3, 0.4) is 0 Å². The first kappa shape index (κ1) is 14.5. The third kappa shape index (κ3) is 4.63. The van der Waals surface area contributed by atoms with Crippen LogP contribution in [0.2, 0.25) is 0 Å². The molecule has 1 fully saturated rings. The van der Waals surface area contributed by atoms with Crippen LogP contribution in [-0.4, -0.2) is 6.04 Å². The Morgan fingerprint density at radius 2 is 1.68 bits per heavy atom. The molecule has 2 heteroatoms. The van der Waals surface area contributed by atoms with Crippen molar-refractivity contribution in [2.75, 3.05) is 0 Å². The minimum absolute atomic E-state index is 0.454. The lowest BCUT2D eigenvalue weighted by Crippen LogP contribution is -2.36. The van der Waals surface area contributed by atoms with E-state index in [9.17, 15) is 0 Å². The van der Waals surface area contributed by atoms with Crippen LogP contribution in [0.15, 0.2) is 30.3 Å². The Labute approximate surface area is 117 Å². The third-order valence-electron chi connectivity index (χ3n) is 4.28. The average Bonchev–Trinajstić information content (AvgIpc) is 2.39. The van der Waals surface area contributed by atoms with Gasteiger partial charge >= 0.3 is 0 Å². The Morgan fingerprint density at radius 1 is 1.05 bits per heavy atom. The van der Waals surface area contributed by atoms with Gasteiger partial charge in [-0.25, -0.2) is 0 Å². The monoisotopic (exact) mass is 261 g/mol. The molecule has 1 N–H and O–H groups in total. The minimum Gasteiger partial charge on any atom is -0.297 e. The lowest BCUT2D eigenvalue weighted by Gasteiger charge is -2.37. The molecule has 19 heavy (non-hydrogen) atoms. The highest BCUT2D eigenvalue weighted by atomic mass is 16.6. The van der Waals surface area contributed by atoms with E-state index in [1.807, 2.05) is 18.2 Å². The first-order valence-electron chi connectivity index (χ1n) is 7.47. The van der Waals surface area contributed by atoms with E-state index in [-0.39, 0.29) is 0 Å². The molecule has 1 aromatic carbocycles. The largest absolute Gasteiger partial charge is 0.297 e. The Hall–Kier alpha value is -0.860. The van der Waals surface area contributed by atoms with Crippen molar-refractivity contribution in [2.45, 2.75) is 59.1 Å². The van der Waals surface area contributed by atoms with E-state index in [2.05, 4.69) is 38.4 Å². The molecule has 0 aliphatic heterocycles. The Kier molecular flexibility index (Phi) is 5.00. The summed E-state index contributed by atoms with van der Waals surface area (Å²) in [5.74, 6) is 0.861. The number of nitrogens with one attached hydrogen (secondary N) is 1. The van der Waals surface area contributed by atoms with E-state index >= 15 is 0 Å². The smallest absolute Gasteiger partial charge is 0.0933 e. The summed E-state index contributed by atoms with van der Waals surface area (Å²) in [6.07, 6.45) is 5.10. The van der Waals surface area contributed by atoms with Crippen molar-refractivity contribution in [3.63, 3.8) is 0 Å². The zero-order valence-electron chi connectivity index (χ0n) is 12.5. The maximum absolute atomic E-state index is 5.63. The molecule has 0 unspecified atom stereocenters. The van der Waals surface area contributed by atoms with Crippen molar-refractivity contribution in [1.82, 2.24) is 5.48 Å². The van der Waals surface area contributed by atoms with E-state index in [4.69, 9.17) is 4.84 Å². The molecule has 2 nitrogen and oxygen atoms in total. The predicted molar refractivity (Wildman–Crippen MR) is 79.6 cm³/mol. The van der Waals surface area contributed by atoms with Crippen molar-refractivity contribution in [3.8, 4) is 0 Å². The van der Waals surface area contributed by atoms with Crippen molar-refractivity contribution >= 4 is 0 Å². The fourth-order valence-corrected chi connectivity index (χ4v) is 2.89. The molecule has 0 radical (unpaired) electrons. The van der Waals surface area contributed by atoms with E-state index < -0.39 is 0 Å². The van der Waals surface area contributed by atoms with Crippen LogP contribution in [0, 0.1) is 11.3 Å². The number of hydrogen-bond donors (Lipinski definition) is 1. The molecule has 1 saturated carbocycles. The molecular weight excluding hydrogens is 234 g/mol. The summed E-state index contributed by atoms with van der Waals surface area (Å²) in [4.78, 5) is 5.63. The van der Waals surface area contributed by atoms with Gasteiger partial charge in [-0.3, -0.25) is 4.84 Å². The Bertz CT molecular complexity index is 361. The number of benzene rings is 1. The van der Waals surface area contributed by atoms with Gasteiger partial charge in [-0.05, 0) is 42.6 Å². The summed E-state index contributed by atoms with van der Waals surface area (Å²) < 4.78 is 0. The van der Waals surface area contributed by atoms with E-state index in [0.717, 1.165) is 5.92 Å². The first-order chi connectivity index (χ1) is 9.05. The number of hydrogen-bond acceptors (Lipinski definition) is 2. The highest BCUT2D eigenvalue weighted by Crippen LogP contribution is 2.37. The highest BCUT2D eigenvalue weighted by Gasteiger charge is 2.29. The van der Waals surface area contributed by atoms with Gasteiger partial charge in [0.05, 0.1) is 6.61 Å². The fourth-order valence-electron chi connectivity index (χ4n) is 2.89. The Balaban J connectivity index is 1.66. The van der Waals surface area contributed by atoms with Gasteiger partial charge in [0, 0.05) is 6.04 Å². The van der Waals surface area contributed by atoms with Gasteiger partial charge in [0.1, 0.15) is 0 Å². The van der Waals surface area contributed by atoms with Gasteiger partial charge in [-0.2, -0.15) is 5.48 Å². The average molecular weight is 261 g/mol. The van der Waals surface area contributed by atoms with Crippen molar-refractivity contribution in [1.29, 1.82) is 0 Å². The maximum atomic E-state index is 5.63. The van der Waals surface area contributed by atoms with Crippen LogP contribution in [0.25, 0.3) is 0 Å². The second kappa shape index (κ2) is 6.53. The predicted octanol–water partition coefficient (Wildman–Crippen LogP) is 4.31. The van der Waals surface area contributed by atoms with Gasteiger partial charge in [0.25, 0.3) is 0 Å². The molecule has 0 bridgehead atoms. The zero-order chi connectivity index (χ0) is 13.7. The van der Waals surface area contributed by atoms with Crippen LogP contribution in [0.5, 0.6) is 0 Å². The zero-order valence-corrected chi connectivity index (χ0v) is 12.5. The summed E-state index contributed by atoms with van der Waals surface area (Å²) in [7, 11) is 0. The lowest BCUT2D eigenvalue weighted by atomic mass is 9.71. The minimum atomic E-state index is 0.454. The summed E-state index contributed by atoms with van der Waals surface area (Å²) in [5, 5.41) is 0. The first-order valence-corrected chi connectivity index (χ1v) is 7.47. The summed E-state index contributed by atoms with van der Waals surface area (Å²) in [6.45, 7) is 7.73. The Morgan fingerprint density at radius 3 is 2.26 bits per heavy atom. The third-order valence-corrected chi connectivity index (χ3v) is 4.28. The fraction of sp³-hybridized carbons (Fsp3) is 0.647. The number of rotatable bonds is 4. The summed E-state index contributed by atoms with van der Waals surface area (Å²) >= 11 is 0. The maximum Gasteiger partial charge on any atom is 0.0933 e. The molecule has 1 aliphatic carbocycles. The van der Waals surface area contributed by atoms with Crippen molar-refractivity contribution in [3.05, 3.63) is 35.9 Å². The molecule has 0 spiro atoms. The molecule has 0 atom stereocenters.